The minimum atomic E-state index is -2.10. The van der Waals surface area contributed by atoms with Crippen molar-refractivity contribution in [1.29, 1.82) is 0 Å². The Morgan fingerprint density at radius 3 is 1.47 bits per heavy atom. The third-order valence-electron chi connectivity index (χ3n) is 5.81. The van der Waals surface area contributed by atoms with Gasteiger partial charge in [-0.15, -0.1) is 0 Å². The van der Waals surface area contributed by atoms with E-state index in [2.05, 4.69) is 19.1 Å². The predicted octanol–water partition coefficient (Wildman–Crippen LogP) is 5.04. The van der Waals surface area contributed by atoms with E-state index in [0.29, 0.717) is 6.42 Å². The molecule has 5 nitrogen and oxygen atoms in total. The van der Waals surface area contributed by atoms with Crippen molar-refractivity contribution >= 4 is 11.6 Å². The average molecular weight is 427 g/mol. The van der Waals surface area contributed by atoms with E-state index in [-0.39, 0.29) is 6.42 Å². The normalized spacial score (nSPS) is 15.8. The van der Waals surface area contributed by atoms with Crippen molar-refractivity contribution < 1.29 is 24.9 Å². The zero-order valence-electron chi connectivity index (χ0n) is 19.6. The van der Waals surface area contributed by atoms with Gasteiger partial charge in [0.05, 0.1) is 0 Å². The van der Waals surface area contributed by atoms with Gasteiger partial charge in [-0.25, -0.2) is 0 Å². The Morgan fingerprint density at radius 1 is 0.700 bits per heavy atom. The molecule has 0 aliphatic rings. The second-order valence-corrected chi connectivity index (χ2v) is 8.71. The highest BCUT2D eigenvalue weighted by Gasteiger charge is 2.46. The van der Waals surface area contributed by atoms with E-state index in [0.717, 1.165) is 46.0 Å². The third kappa shape index (κ3) is 12.6. The lowest BCUT2D eigenvalue weighted by Gasteiger charge is -2.34. The van der Waals surface area contributed by atoms with Gasteiger partial charge in [-0.3, -0.25) is 9.59 Å². The van der Waals surface area contributed by atoms with Crippen LogP contribution in [-0.2, 0) is 9.59 Å². The summed E-state index contributed by atoms with van der Waals surface area (Å²) in [4.78, 5) is 22.9. The SMILES string of the molecule is CCCCCCCC/C=C\CCCCCCCCC(O)(C(O)C(C)=O)C(O)C(C)=O. The van der Waals surface area contributed by atoms with Gasteiger partial charge >= 0.3 is 0 Å². The van der Waals surface area contributed by atoms with Crippen LogP contribution in [0.4, 0.5) is 0 Å². The van der Waals surface area contributed by atoms with Gasteiger partial charge in [-0.1, -0.05) is 83.3 Å². The Kier molecular flexibility index (Phi) is 17.0. The van der Waals surface area contributed by atoms with Crippen LogP contribution in [0.5, 0.6) is 0 Å². The van der Waals surface area contributed by atoms with Crippen molar-refractivity contribution in [2.75, 3.05) is 0 Å². The summed E-state index contributed by atoms with van der Waals surface area (Å²) in [5.74, 6) is -1.30. The van der Waals surface area contributed by atoms with Gasteiger partial charge in [0.1, 0.15) is 17.8 Å². The summed E-state index contributed by atoms with van der Waals surface area (Å²) < 4.78 is 0. The van der Waals surface area contributed by atoms with Crippen molar-refractivity contribution in [1.82, 2.24) is 0 Å². The molecule has 0 fully saturated rings. The number of rotatable bonds is 20. The number of allylic oxidation sites excluding steroid dienone is 2. The molecular weight excluding hydrogens is 380 g/mol. The summed E-state index contributed by atoms with van der Waals surface area (Å²) in [5, 5.41) is 30.5. The second kappa shape index (κ2) is 17.6. The fraction of sp³-hybridized carbons (Fsp3) is 0.840. The first-order chi connectivity index (χ1) is 14.3. The summed E-state index contributed by atoms with van der Waals surface area (Å²) in [6, 6.07) is 0. The number of Topliss-reactive ketones (excluding diaryl/α,β-unsaturated/α-hetero) is 2. The Labute approximate surface area is 184 Å². The second-order valence-electron chi connectivity index (χ2n) is 8.71. The summed E-state index contributed by atoms with van der Waals surface area (Å²) in [6.45, 7) is 4.53. The minimum absolute atomic E-state index is 0.0235. The number of ketones is 2. The van der Waals surface area contributed by atoms with E-state index in [1.165, 1.54) is 51.4 Å². The quantitative estimate of drug-likeness (QED) is 0.187. The maximum Gasteiger partial charge on any atom is 0.161 e. The highest BCUT2D eigenvalue weighted by atomic mass is 16.4. The zero-order chi connectivity index (χ0) is 22.8. The molecule has 2 unspecified atom stereocenters. The molecule has 5 heteroatoms. The van der Waals surface area contributed by atoms with Crippen LogP contribution < -0.4 is 0 Å². The first-order valence-corrected chi connectivity index (χ1v) is 12.0. The monoisotopic (exact) mass is 426 g/mol. The van der Waals surface area contributed by atoms with Gasteiger partial charge in [0.15, 0.2) is 11.6 Å². The highest BCUT2D eigenvalue weighted by Crippen LogP contribution is 2.26. The smallest absolute Gasteiger partial charge is 0.161 e. The molecule has 0 saturated carbocycles. The number of carbonyl (C=O) groups is 2. The topological polar surface area (TPSA) is 94.8 Å². The summed E-state index contributed by atoms with van der Waals surface area (Å²) in [5.41, 5.74) is -2.10. The van der Waals surface area contributed by atoms with Crippen LogP contribution in [0.2, 0.25) is 0 Å². The van der Waals surface area contributed by atoms with Crippen molar-refractivity contribution in [3.8, 4) is 0 Å². The van der Waals surface area contributed by atoms with E-state index in [1.807, 2.05) is 0 Å². The molecule has 0 saturated heterocycles. The molecular formula is C25H46O5. The van der Waals surface area contributed by atoms with Crippen LogP contribution >= 0.6 is 0 Å². The van der Waals surface area contributed by atoms with Crippen LogP contribution in [0.25, 0.3) is 0 Å². The van der Waals surface area contributed by atoms with E-state index in [1.54, 1.807) is 0 Å². The van der Waals surface area contributed by atoms with Crippen molar-refractivity contribution in [3.63, 3.8) is 0 Å². The van der Waals surface area contributed by atoms with E-state index >= 15 is 0 Å². The van der Waals surface area contributed by atoms with Gasteiger partial charge in [-0.2, -0.15) is 0 Å². The van der Waals surface area contributed by atoms with Gasteiger partial charge in [0, 0.05) is 0 Å². The summed E-state index contributed by atoms with van der Waals surface area (Å²) >= 11 is 0. The molecule has 0 aromatic carbocycles. The largest absolute Gasteiger partial charge is 0.383 e. The van der Waals surface area contributed by atoms with Gasteiger partial charge in [0.2, 0.25) is 0 Å². The maximum absolute atomic E-state index is 11.5. The maximum atomic E-state index is 11.5. The van der Waals surface area contributed by atoms with Crippen molar-refractivity contribution in [3.05, 3.63) is 12.2 Å². The predicted molar refractivity (Wildman–Crippen MR) is 122 cm³/mol. The molecule has 0 rings (SSSR count). The molecule has 0 aliphatic heterocycles. The van der Waals surface area contributed by atoms with Crippen molar-refractivity contribution in [2.45, 2.75) is 135 Å². The highest BCUT2D eigenvalue weighted by molar-refractivity contribution is 5.86. The molecule has 0 bridgehead atoms. The molecule has 2 atom stereocenters. The van der Waals surface area contributed by atoms with E-state index in [4.69, 9.17) is 0 Å². The van der Waals surface area contributed by atoms with Crippen molar-refractivity contribution in [2.24, 2.45) is 0 Å². The van der Waals surface area contributed by atoms with Crippen LogP contribution in [0.3, 0.4) is 0 Å². The van der Waals surface area contributed by atoms with Crippen LogP contribution in [0.1, 0.15) is 117 Å². The lowest BCUT2D eigenvalue weighted by Crippen LogP contribution is -2.57. The number of hydrogen-bond donors (Lipinski definition) is 3. The lowest BCUT2D eigenvalue weighted by molar-refractivity contribution is -0.172. The van der Waals surface area contributed by atoms with Crippen LogP contribution in [-0.4, -0.2) is 44.7 Å². The molecule has 0 aromatic heterocycles. The van der Waals surface area contributed by atoms with E-state index in [9.17, 15) is 24.9 Å². The number of carbonyl (C=O) groups excluding carboxylic acids is 2. The minimum Gasteiger partial charge on any atom is -0.383 e. The molecule has 0 aliphatic carbocycles. The molecule has 0 aromatic rings. The molecule has 0 heterocycles. The fourth-order valence-electron chi connectivity index (χ4n) is 3.78. The van der Waals surface area contributed by atoms with Gasteiger partial charge in [-0.05, 0) is 46.0 Å². The summed E-state index contributed by atoms with van der Waals surface area (Å²) in [6.07, 6.45) is 17.2. The Hall–Kier alpha value is -1.04. The van der Waals surface area contributed by atoms with Crippen LogP contribution in [0, 0.1) is 0 Å². The first kappa shape index (κ1) is 29.0. The average Bonchev–Trinajstić information content (AvgIpc) is 2.71. The van der Waals surface area contributed by atoms with Crippen LogP contribution in [0.15, 0.2) is 12.2 Å². The molecule has 0 spiro atoms. The Bertz CT molecular complexity index is 466. The number of aliphatic hydroxyl groups is 3. The Balaban J connectivity index is 3.83. The summed E-state index contributed by atoms with van der Waals surface area (Å²) in [7, 11) is 0. The molecule has 0 amide bonds. The molecule has 30 heavy (non-hydrogen) atoms. The number of unbranched alkanes of at least 4 members (excludes halogenated alkanes) is 12. The third-order valence-corrected chi connectivity index (χ3v) is 5.81. The van der Waals surface area contributed by atoms with Gasteiger partial charge in [0.25, 0.3) is 0 Å². The standard InChI is InChI=1S/C25H46O5/c1-4-5-6-7-8-9-10-11-12-13-14-15-16-17-18-19-20-25(30,23(28)21(2)26)24(29)22(3)27/h11-12,23-24,28-30H,4-10,13-20H2,1-3H3/b12-11-. The molecule has 0 radical (unpaired) electrons. The van der Waals surface area contributed by atoms with E-state index < -0.39 is 29.4 Å². The number of hydrogen-bond acceptors (Lipinski definition) is 5. The zero-order valence-corrected chi connectivity index (χ0v) is 19.6. The first-order valence-electron chi connectivity index (χ1n) is 12.0. The molecule has 176 valence electrons. The van der Waals surface area contributed by atoms with Gasteiger partial charge < -0.3 is 15.3 Å². The number of aliphatic hydroxyl groups excluding tert-OH is 2. The fourth-order valence-corrected chi connectivity index (χ4v) is 3.78. The molecule has 3 N–H and O–H groups in total. The lowest BCUT2D eigenvalue weighted by atomic mass is 9.81. The Morgan fingerprint density at radius 2 is 1.07 bits per heavy atom.